The lowest BCUT2D eigenvalue weighted by molar-refractivity contribution is -0.130. The van der Waals surface area contributed by atoms with Crippen LogP contribution in [0.15, 0.2) is 0 Å². The lowest BCUT2D eigenvalue weighted by Gasteiger charge is -2.36. The van der Waals surface area contributed by atoms with Gasteiger partial charge in [-0.25, -0.2) is 9.18 Å². The zero-order valence-electron chi connectivity index (χ0n) is 10.4. The molecule has 2 bridgehead atoms. The molecule has 3 unspecified atom stereocenters. The number of fused-ring (bicyclic) bond motifs is 2. The summed E-state index contributed by atoms with van der Waals surface area (Å²) < 4.78 is 19.0. The standard InChI is InChI=1S/C12H18FNO3/c1-12(2,3)17-11(16)14-7-4-5-8(14)10(13)9(15)6-7/h7-8,10H,4-6H2,1-3H3. The molecule has 0 aliphatic carbocycles. The molecule has 2 aliphatic heterocycles. The van der Waals surface area contributed by atoms with E-state index in [4.69, 9.17) is 4.74 Å². The molecular weight excluding hydrogens is 225 g/mol. The molecule has 17 heavy (non-hydrogen) atoms. The first kappa shape index (κ1) is 12.3. The van der Waals surface area contributed by atoms with E-state index >= 15 is 0 Å². The molecule has 2 saturated heterocycles. The maximum Gasteiger partial charge on any atom is 0.410 e. The van der Waals surface area contributed by atoms with Crippen LogP contribution in [0.4, 0.5) is 9.18 Å². The number of ether oxygens (including phenoxy) is 1. The number of halogens is 1. The summed E-state index contributed by atoms with van der Waals surface area (Å²) in [4.78, 5) is 24.7. The Morgan fingerprint density at radius 1 is 1.41 bits per heavy atom. The number of hydrogen-bond acceptors (Lipinski definition) is 3. The molecule has 96 valence electrons. The third-order valence-corrected chi connectivity index (χ3v) is 3.23. The maximum atomic E-state index is 13.7. The number of ketones is 1. The minimum Gasteiger partial charge on any atom is -0.444 e. The van der Waals surface area contributed by atoms with Crippen molar-refractivity contribution in [2.45, 2.75) is 63.9 Å². The zero-order valence-corrected chi connectivity index (χ0v) is 10.4. The predicted molar refractivity (Wildman–Crippen MR) is 59.4 cm³/mol. The number of nitrogens with zero attached hydrogens (tertiary/aromatic N) is 1. The highest BCUT2D eigenvalue weighted by Crippen LogP contribution is 2.36. The predicted octanol–water partition coefficient (Wildman–Crippen LogP) is 2.07. The first-order chi connectivity index (χ1) is 7.79. The Morgan fingerprint density at radius 2 is 2.06 bits per heavy atom. The molecule has 2 aliphatic rings. The second-order valence-electron chi connectivity index (χ2n) is 5.76. The van der Waals surface area contributed by atoms with Crippen LogP contribution < -0.4 is 0 Å². The van der Waals surface area contributed by atoms with Gasteiger partial charge in [0.15, 0.2) is 12.0 Å². The van der Waals surface area contributed by atoms with Crippen molar-refractivity contribution in [1.82, 2.24) is 4.90 Å². The average Bonchev–Trinajstić information content (AvgIpc) is 2.51. The highest BCUT2D eigenvalue weighted by atomic mass is 19.1. The molecule has 0 saturated carbocycles. The van der Waals surface area contributed by atoms with Crippen LogP contribution in [0.2, 0.25) is 0 Å². The third-order valence-electron chi connectivity index (χ3n) is 3.23. The second-order valence-corrected chi connectivity index (χ2v) is 5.76. The highest BCUT2D eigenvalue weighted by Gasteiger charge is 2.50. The minimum absolute atomic E-state index is 0.122. The molecule has 0 spiro atoms. The second kappa shape index (κ2) is 3.96. The van der Waals surface area contributed by atoms with Crippen molar-refractivity contribution >= 4 is 11.9 Å². The van der Waals surface area contributed by atoms with Crippen molar-refractivity contribution in [1.29, 1.82) is 0 Å². The van der Waals surface area contributed by atoms with Crippen LogP contribution in [0.5, 0.6) is 0 Å². The van der Waals surface area contributed by atoms with Gasteiger partial charge in [-0.05, 0) is 33.6 Å². The van der Waals surface area contributed by atoms with E-state index in [1.165, 1.54) is 4.90 Å². The number of carbonyl (C=O) groups excluding carboxylic acids is 2. The Bertz CT molecular complexity index is 350. The van der Waals surface area contributed by atoms with Crippen LogP contribution in [0.3, 0.4) is 0 Å². The normalized spacial score (nSPS) is 32.8. The third kappa shape index (κ3) is 2.28. The van der Waals surface area contributed by atoms with Crippen LogP contribution in [0, 0.1) is 0 Å². The monoisotopic (exact) mass is 243 g/mol. The average molecular weight is 243 g/mol. The number of Topliss-reactive ketones (excluding diaryl/α,β-unsaturated/α-hetero) is 1. The number of alkyl halides is 1. The SMILES string of the molecule is CC(C)(C)OC(=O)N1C2CCC1C(F)C(=O)C2. The van der Waals surface area contributed by atoms with Gasteiger partial charge in [0.25, 0.3) is 0 Å². The van der Waals surface area contributed by atoms with Crippen molar-refractivity contribution in [3.8, 4) is 0 Å². The summed E-state index contributed by atoms with van der Waals surface area (Å²) in [5.74, 6) is -0.377. The van der Waals surface area contributed by atoms with Gasteiger partial charge in [-0.1, -0.05) is 0 Å². The van der Waals surface area contributed by atoms with Gasteiger partial charge in [-0.3, -0.25) is 9.69 Å². The van der Waals surface area contributed by atoms with Crippen LogP contribution in [-0.4, -0.2) is 40.6 Å². The molecule has 0 aromatic rings. The van der Waals surface area contributed by atoms with Gasteiger partial charge in [-0.15, -0.1) is 0 Å². The van der Waals surface area contributed by atoms with E-state index in [0.717, 1.165) is 0 Å². The number of amides is 1. The van der Waals surface area contributed by atoms with Crippen LogP contribution in [0.25, 0.3) is 0 Å². The molecule has 2 fully saturated rings. The van der Waals surface area contributed by atoms with E-state index < -0.39 is 23.9 Å². The fourth-order valence-corrected chi connectivity index (χ4v) is 2.56. The van der Waals surface area contributed by atoms with Crippen molar-refractivity contribution in [2.24, 2.45) is 0 Å². The van der Waals surface area contributed by atoms with E-state index in [2.05, 4.69) is 0 Å². The molecule has 0 aromatic heterocycles. The summed E-state index contributed by atoms with van der Waals surface area (Å²) in [6, 6.07) is -0.787. The van der Waals surface area contributed by atoms with Crippen LogP contribution in [0.1, 0.15) is 40.0 Å². The summed E-state index contributed by atoms with van der Waals surface area (Å²) in [6.45, 7) is 5.32. The molecule has 1 amide bonds. The van der Waals surface area contributed by atoms with E-state index in [9.17, 15) is 14.0 Å². The number of rotatable bonds is 0. The van der Waals surface area contributed by atoms with E-state index in [-0.39, 0.29) is 18.2 Å². The Morgan fingerprint density at radius 3 is 2.65 bits per heavy atom. The lowest BCUT2D eigenvalue weighted by Crippen LogP contribution is -2.54. The summed E-state index contributed by atoms with van der Waals surface area (Å²) in [6.07, 6.45) is -0.675. The van der Waals surface area contributed by atoms with Crippen molar-refractivity contribution < 1.29 is 18.7 Å². The Balaban J connectivity index is 2.12. The molecule has 0 N–H and O–H groups in total. The molecule has 2 heterocycles. The molecule has 3 atom stereocenters. The fraction of sp³-hybridized carbons (Fsp3) is 0.833. The van der Waals surface area contributed by atoms with E-state index in [1.807, 2.05) is 0 Å². The first-order valence-corrected chi connectivity index (χ1v) is 5.98. The van der Waals surface area contributed by atoms with Crippen molar-refractivity contribution in [3.63, 3.8) is 0 Å². The molecule has 2 rings (SSSR count). The van der Waals surface area contributed by atoms with Crippen molar-refractivity contribution in [3.05, 3.63) is 0 Å². The quantitative estimate of drug-likeness (QED) is 0.654. The highest BCUT2D eigenvalue weighted by molar-refractivity contribution is 5.87. The maximum absolute atomic E-state index is 13.7. The summed E-state index contributed by atoms with van der Waals surface area (Å²) in [5, 5.41) is 0. The molecule has 4 nitrogen and oxygen atoms in total. The summed E-state index contributed by atoms with van der Waals surface area (Å²) in [5.41, 5.74) is -0.593. The Labute approximate surface area is 100 Å². The Hall–Kier alpha value is -1.13. The number of hydrogen-bond donors (Lipinski definition) is 0. The molecule has 0 aromatic carbocycles. The zero-order chi connectivity index (χ0) is 12.8. The number of carbonyl (C=O) groups is 2. The van der Waals surface area contributed by atoms with Crippen LogP contribution >= 0.6 is 0 Å². The topological polar surface area (TPSA) is 46.6 Å². The molecule has 0 radical (unpaired) electrons. The van der Waals surface area contributed by atoms with E-state index in [1.54, 1.807) is 20.8 Å². The van der Waals surface area contributed by atoms with E-state index in [0.29, 0.717) is 12.8 Å². The lowest BCUT2D eigenvalue weighted by atomic mass is 10.0. The fourth-order valence-electron chi connectivity index (χ4n) is 2.56. The number of piperidine rings is 1. The molecule has 5 heteroatoms. The van der Waals surface area contributed by atoms with Gasteiger partial charge in [0.1, 0.15) is 5.60 Å². The first-order valence-electron chi connectivity index (χ1n) is 5.98. The van der Waals surface area contributed by atoms with Crippen molar-refractivity contribution in [2.75, 3.05) is 0 Å². The Kier molecular flexibility index (Phi) is 2.87. The minimum atomic E-state index is -1.54. The van der Waals surface area contributed by atoms with Gasteiger partial charge in [0.05, 0.1) is 6.04 Å². The van der Waals surface area contributed by atoms with Gasteiger partial charge in [-0.2, -0.15) is 0 Å². The summed E-state index contributed by atoms with van der Waals surface area (Å²) in [7, 11) is 0. The van der Waals surface area contributed by atoms with Crippen LogP contribution in [-0.2, 0) is 9.53 Å². The van der Waals surface area contributed by atoms with Gasteiger partial charge in [0, 0.05) is 12.5 Å². The largest absolute Gasteiger partial charge is 0.444 e. The smallest absolute Gasteiger partial charge is 0.410 e. The van der Waals surface area contributed by atoms with Gasteiger partial charge >= 0.3 is 6.09 Å². The summed E-state index contributed by atoms with van der Waals surface area (Å²) >= 11 is 0. The van der Waals surface area contributed by atoms with Gasteiger partial charge < -0.3 is 4.74 Å². The van der Waals surface area contributed by atoms with Gasteiger partial charge in [0.2, 0.25) is 0 Å². The molecular formula is C12H18FNO3.